The summed E-state index contributed by atoms with van der Waals surface area (Å²) in [5.41, 5.74) is 0.924. The second-order valence-corrected chi connectivity index (χ2v) is 7.99. The van der Waals surface area contributed by atoms with Crippen LogP contribution in [0.5, 0.6) is 5.75 Å². The number of benzene rings is 2. The maximum atomic E-state index is 12.9. The molecule has 0 atom stereocenters. The molecule has 2 N–H and O–H groups in total. The Bertz CT molecular complexity index is 905. The number of carbonyl (C=O) groups is 1. The van der Waals surface area contributed by atoms with Gasteiger partial charge in [-0.25, -0.2) is 13.2 Å². The van der Waals surface area contributed by atoms with Gasteiger partial charge in [-0.05, 0) is 55.3 Å². The molecule has 0 aliphatic carbocycles. The van der Waals surface area contributed by atoms with Crippen LogP contribution in [0.1, 0.15) is 37.0 Å². The third kappa shape index (κ3) is 5.16. The number of aromatic carboxylic acids is 1. The minimum absolute atomic E-state index is 0.0177. The van der Waals surface area contributed by atoms with E-state index in [0.29, 0.717) is 11.4 Å². The Balaban J connectivity index is 2.47. The van der Waals surface area contributed by atoms with E-state index in [4.69, 9.17) is 4.74 Å². The molecule has 0 aliphatic heterocycles. The molecule has 2 aromatic carbocycles. The highest BCUT2D eigenvalue weighted by molar-refractivity contribution is 7.92. The molecule has 0 radical (unpaired) electrons. The molecule has 2 rings (SSSR count). The smallest absolute Gasteiger partial charge is 0.335 e. The van der Waals surface area contributed by atoms with E-state index in [1.165, 1.54) is 31.4 Å². The number of anilines is 2. The predicted octanol–water partition coefficient (Wildman–Crippen LogP) is 3.82. The molecule has 2 aromatic rings. The zero-order valence-corrected chi connectivity index (χ0v) is 17.1. The van der Waals surface area contributed by atoms with Crippen LogP contribution in [0.25, 0.3) is 0 Å². The average molecular weight is 407 g/mol. The fourth-order valence-corrected chi connectivity index (χ4v) is 3.94. The van der Waals surface area contributed by atoms with Crippen molar-refractivity contribution in [1.29, 1.82) is 0 Å². The summed E-state index contributed by atoms with van der Waals surface area (Å²) in [4.78, 5) is 13.5. The number of rotatable bonds is 10. The first-order valence-electron chi connectivity index (χ1n) is 9.11. The van der Waals surface area contributed by atoms with E-state index in [1.807, 2.05) is 13.8 Å². The Kier molecular flexibility index (Phi) is 7.28. The zero-order valence-electron chi connectivity index (χ0n) is 16.3. The number of sulfonamides is 1. The molecule has 7 nitrogen and oxygen atoms in total. The van der Waals surface area contributed by atoms with Gasteiger partial charge in [-0.3, -0.25) is 4.72 Å². The molecular formula is C20H26N2O5S. The molecule has 0 aliphatic rings. The lowest BCUT2D eigenvalue weighted by Crippen LogP contribution is -2.27. The van der Waals surface area contributed by atoms with Crippen molar-refractivity contribution < 1.29 is 23.1 Å². The summed E-state index contributed by atoms with van der Waals surface area (Å²) >= 11 is 0. The van der Waals surface area contributed by atoms with Crippen LogP contribution in [0.4, 0.5) is 11.4 Å². The molecule has 0 unspecified atom stereocenters. The van der Waals surface area contributed by atoms with Gasteiger partial charge in [-0.1, -0.05) is 13.8 Å². The van der Waals surface area contributed by atoms with Gasteiger partial charge in [0.25, 0.3) is 10.0 Å². The minimum atomic E-state index is -3.89. The Morgan fingerprint density at radius 2 is 1.68 bits per heavy atom. The fraction of sp³-hybridized carbons (Fsp3) is 0.350. The normalized spacial score (nSPS) is 11.1. The Morgan fingerprint density at radius 1 is 1.07 bits per heavy atom. The SMILES string of the molecule is CCCN(CCC)c1ccc(C(=O)O)cc1NS(=O)(=O)c1ccc(OC)cc1. The Labute approximate surface area is 166 Å². The summed E-state index contributed by atoms with van der Waals surface area (Å²) in [7, 11) is -2.39. The van der Waals surface area contributed by atoms with Gasteiger partial charge < -0.3 is 14.7 Å². The third-order valence-electron chi connectivity index (χ3n) is 4.19. The van der Waals surface area contributed by atoms with Crippen LogP contribution in [0.15, 0.2) is 47.4 Å². The van der Waals surface area contributed by atoms with Gasteiger partial charge in [-0.15, -0.1) is 0 Å². The van der Waals surface area contributed by atoms with E-state index in [0.717, 1.165) is 25.9 Å². The van der Waals surface area contributed by atoms with Gasteiger partial charge in [0.05, 0.1) is 28.9 Å². The van der Waals surface area contributed by atoms with Crippen molar-refractivity contribution in [2.75, 3.05) is 29.8 Å². The van der Waals surface area contributed by atoms with Crippen LogP contribution in [0.3, 0.4) is 0 Å². The van der Waals surface area contributed by atoms with E-state index in [2.05, 4.69) is 9.62 Å². The number of hydrogen-bond acceptors (Lipinski definition) is 5. The number of nitrogens with zero attached hydrogens (tertiary/aromatic N) is 1. The van der Waals surface area contributed by atoms with Crippen molar-refractivity contribution in [3.63, 3.8) is 0 Å². The lowest BCUT2D eigenvalue weighted by molar-refractivity contribution is 0.0697. The fourth-order valence-electron chi connectivity index (χ4n) is 2.88. The van der Waals surface area contributed by atoms with Gasteiger partial charge in [0.1, 0.15) is 5.75 Å². The molecule has 8 heteroatoms. The number of hydrogen-bond donors (Lipinski definition) is 2. The third-order valence-corrected chi connectivity index (χ3v) is 5.57. The first-order chi connectivity index (χ1) is 13.3. The highest BCUT2D eigenvalue weighted by atomic mass is 32.2. The van der Waals surface area contributed by atoms with Gasteiger partial charge in [-0.2, -0.15) is 0 Å². The maximum Gasteiger partial charge on any atom is 0.335 e. The van der Waals surface area contributed by atoms with E-state index >= 15 is 0 Å². The number of nitrogens with one attached hydrogen (secondary N) is 1. The van der Waals surface area contributed by atoms with Crippen molar-refractivity contribution in [2.24, 2.45) is 0 Å². The van der Waals surface area contributed by atoms with Crippen LogP contribution in [0, 0.1) is 0 Å². The molecule has 0 aromatic heterocycles. The van der Waals surface area contributed by atoms with E-state index in [1.54, 1.807) is 18.2 Å². The van der Waals surface area contributed by atoms with Crippen LogP contribution in [-0.2, 0) is 10.0 Å². The van der Waals surface area contributed by atoms with E-state index in [-0.39, 0.29) is 16.1 Å². The molecule has 0 spiro atoms. The molecule has 0 saturated carbocycles. The van der Waals surface area contributed by atoms with Gasteiger partial charge >= 0.3 is 5.97 Å². The van der Waals surface area contributed by atoms with Crippen molar-refractivity contribution in [3.8, 4) is 5.75 Å². The minimum Gasteiger partial charge on any atom is -0.497 e. The lowest BCUT2D eigenvalue weighted by atomic mass is 10.1. The maximum absolute atomic E-state index is 12.9. The second-order valence-electron chi connectivity index (χ2n) is 6.31. The first-order valence-corrected chi connectivity index (χ1v) is 10.6. The van der Waals surface area contributed by atoms with Crippen molar-refractivity contribution in [1.82, 2.24) is 0 Å². The summed E-state index contributed by atoms with van der Waals surface area (Å²) in [6.07, 6.45) is 1.76. The molecule has 0 fully saturated rings. The standard InChI is InChI=1S/C20H26N2O5S/c1-4-12-22(13-5-2)19-11-6-15(20(23)24)14-18(19)21-28(25,26)17-9-7-16(27-3)8-10-17/h6-11,14,21H,4-5,12-13H2,1-3H3,(H,23,24). The topological polar surface area (TPSA) is 95.9 Å². The summed E-state index contributed by atoms with van der Waals surface area (Å²) in [6.45, 7) is 5.54. The molecule has 0 amide bonds. The van der Waals surface area contributed by atoms with Crippen LogP contribution in [-0.4, -0.2) is 39.7 Å². The second kappa shape index (κ2) is 9.45. The molecule has 0 heterocycles. The number of ether oxygens (including phenoxy) is 1. The van der Waals surface area contributed by atoms with Crippen molar-refractivity contribution in [2.45, 2.75) is 31.6 Å². The molecule has 0 saturated heterocycles. The molecular weight excluding hydrogens is 380 g/mol. The number of carboxylic acids is 1. The first kappa shape index (κ1) is 21.6. The quantitative estimate of drug-likeness (QED) is 0.623. The lowest BCUT2D eigenvalue weighted by Gasteiger charge is -2.27. The molecule has 0 bridgehead atoms. The molecule has 152 valence electrons. The summed E-state index contributed by atoms with van der Waals surface area (Å²) in [5.74, 6) is -0.571. The molecule has 28 heavy (non-hydrogen) atoms. The summed E-state index contributed by atoms with van der Waals surface area (Å²) in [5, 5.41) is 9.31. The highest BCUT2D eigenvalue weighted by Crippen LogP contribution is 2.30. The largest absolute Gasteiger partial charge is 0.497 e. The van der Waals surface area contributed by atoms with Crippen LogP contribution >= 0.6 is 0 Å². The van der Waals surface area contributed by atoms with Gasteiger partial charge in [0.15, 0.2) is 0 Å². The number of carboxylic acid groups (broad SMARTS) is 1. The van der Waals surface area contributed by atoms with Gasteiger partial charge in [0.2, 0.25) is 0 Å². The summed E-state index contributed by atoms with van der Waals surface area (Å²) < 4.78 is 33.3. The predicted molar refractivity (Wildman–Crippen MR) is 110 cm³/mol. The zero-order chi connectivity index (χ0) is 20.7. The van der Waals surface area contributed by atoms with Crippen molar-refractivity contribution in [3.05, 3.63) is 48.0 Å². The summed E-state index contributed by atoms with van der Waals surface area (Å²) in [6, 6.07) is 10.5. The van der Waals surface area contributed by atoms with E-state index < -0.39 is 16.0 Å². The van der Waals surface area contributed by atoms with Crippen molar-refractivity contribution >= 4 is 27.4 Å². The average Bonchev–Trinajstić information content (AvgIpc) is 2.67. The Hall–Kier alpha value is -2.74. The monoisotopic (exact) mass is 406 g/mol. The highest BCUT2D eigenvalue weighted by Gasteiger charge is 2.20. The van der Waals surface area contributed by atoms with E-state index in [9.17, 15) is 18.3 Å². The van der Waals surface area contributed by atoms with Gasteiger partial charge in [0, 0.05) is 13.1 Å². The Morgan fingerprint density at radius 3 is 2.18 bits per heavy atom. The number of methoxy groups -OCH3 is 1. The van der Waals surface area contributed by atoms with Crippen LogP contribution in [0.2, 0.25) is 0 Å². The van der Waals surface area contributed by atoms with Crippen LogP contribution < -0.4 is 14.4 Å².